The van der Waals surface area contributed by atoms with Crippen molar-refractivity contribution in [3.05, 3.63) is 28.1 Å². The molecule has 0 fully saturated rings. The maximum atomic E-state index is 5.77. The average Bonchev–Trinajstić information content (AvgIpc) is 2.45. The summed E-state index contributed by atoms with van der Waals surface area (Å²) < 4.78 is 0.821. The quantitative estimate of drug-likeness (QED) is 0.694. The Morgan fingerprint density at radius 1 is 1.55 bits per heavy atom. The van der Waals surface area contributed by atoms with Crippen LogP contribution in [0, 0.1) is 0 Å². The third-order valence-corrected chi connectivity index (χ3v) is 2.78. The van der Waals surface area contributed by atoms with Crippen molar-refractivity contribution < 1.29 is 0 Å². The van der Waals surface area contributed by atoms with Crippen molar-refractivity contribution in [2.75, 3.05) is 0 Å². The number of aromatic nitrogens is 2. The molecule has 2 aromatic heterocycles. The molecule has 0 atom stereocenters. The van der Waals surface area contributed by atoms with Crippen LogP contribution in [-0.2, 0) is 0 Å². The van der Waals surface area contributed by atoms with Gasteiger partial charge in [0.15, 0.2) is 0 Å². The molecule has 1 N–H and O–H groups in total. The topological polar surface area (TPSA) is 28.7 Å². The Morgan fingerprint density at radius 3 is 3.18 bits per heavy atom. The van der Waals surface area contributed by atoms with Crippen LogP contribution in [0.1, 0.15) is 0 Å². The Morgan fingerprint density at radius 2 is 2.36 bits per heavy atom. The van der Waals surface area contributed by atoms with E-state index in [0.717, 1.165) is 15.4 Å². The molecule has 2 nitrogen and oxygen atoms in total. The standard InChI is InChI=1S/C7H4BrClN2/c8-5-6-4(1-2-10-6)3-11-7(5)9/h1-3,10H. The van der Waals surface area contributed by atoms with Gasteiger partial charge in [-0.3, -0.25) is 0 Å². The fourth-order valence-corrected chi connectivity index (χ4v) is 1.55. The van der Waals surface area contributed by atoms with Crippen LogP contribution in [0.5, 0.6) is 0 Å². The van der Waals surface area contributed by atoms with Crippen LogP contribution in [0.3, 0.4) is 0 Å². The van der Waals surface area contributed by atoms with Gasteiger partial charge >= 0.3 is 0 Å². The van der Waals surface area contributed by atoms with Crippen LogP contribution in [0.4, 0.5) is 0 Å². The van der Waals surface area contributed by atoms with Crippen LogP contribution in [0.2, 0.25) is 5.15 Å². The molecular formula is C7H4BrClN2. The summed E-state index contributed by atoms with van der Waals surface area (Å²) in [6, 6.07) is 1.95. The second-order valence-corrected chi connectivity index (χ2v) is 3.32. The smallest absolute Gasteiger partial charge is 0.145 e. The first-order chi connectivity index (χ1) is 5.29. The number of halogens is 2. The van der Waals surface area contributed by atoms with Crippen molar-refractivity contribution in [2.45, 2.75) is 0 Å². The summed E-state index contributed by atoms with van der Waals surface area (Å²) >= 11 is 9.10. The van der Waals surface area contributed by atoms with Gasteiger partial charge in [-0.1, -0.05) is 11.6 Å². The number of aromatic amines is 1. The second-order valence-electron chi connectivity index (χ2n) is 2.17. The molecule has 0 amide bonds. The lowest BCUT2D eigenvalue weighted by atomic mass is 10.3. The highest BCUT2D eigenvalue weighted by Gasteiger charge is 2.03. The molecule has 2 aromatic rings. The van der Waals surface area contributed by atoms with E-state index in [-0.39, 0.29) is 0 Å². The molecule has 0 aliphatic rings. The van der Waals surface area contributed by atoms with Crippen molar-refractivity contribution in [1.82, 2.24) is 9.97 Å². The summed E-state index contributed by atoms with van der Waals surface area (Å²) in [5, 5.41) is 1.54. The van der Waals surface area contributed by atoms with Crippen LogP contribution >= 0.6 is 27.5 Å². The highest BCUT2D eigenvalue weighted by Crippen LogP contribution is 2.27. The van der Waals surface area contributed by atoms with Gasteiger partial charge in [0.25, 0.3) is 0 Å². The zero-order chi connectivity index (χ0) is 7.84. The molecule has 0 radical (unpaired) electrons. The summed E-state index contributed by atoms with van der Waals surface area (Å²) in [5.41, 5.74) is 0.991. The lowest BCUT2D eigenvalue weighted by Crippen LogP contribution is -1.77. The van der Waals surface area contributed by atoms with Crippen molar-refractivity contribution in [2.24, 2.45) is 0 Å². The van der Waals surface area contributed by atoms with E-state index >= 15 is 0 Å². The molecule has 0 aliphatic carbocycles. The summed E-state index contributed by atoms with van der Waals surface area (Å²) in [6.07, 6.45) is 3.59. The summed E-state index contributed by atoms with van der Waals surface area (Å²) in [6.45, 7) is 0. The normalized spacial score (nSPS) is 10.7. The van der Waals surface area contributed by atoms with E-state index in [2.05, 4.69) is 25.9 Å². The maximum Gasteiger partial charge on any atom is 0.145 e. The van der Waals surface area contributed by atoms with E-state index < -0.39 is 0 Å². The Labute approximate surface area is 76.7 Å². The lowest BCUT2D eigenvalue weighted by Gasteiger charge is -1.94. The first-order valence-electron chi connectivity index (χ1n) is 3.06. The van der Waals surface area contributed by atoms with Crippen molar-refractivity contribution in [3.63, 3.8) is 0 Å². The summed E-state index contributed by atoms with van der Waals surface area (Å²) in [4.78, 5) is 7.03. The highest BCUT2D eigenvalue weighted by molar-refractivity contribution is 9.10. The van der Waals surface area contributed by atoms with E-state index in [4.69, 9.17) is 11.6 Å². The predicted molar refractivity (Wildman–Crippen MR) is 48.8 cm³/mol. The predicted octanol–water partition coefficient (Wildman–Crippen LogP) is 2.98. The van der Waals surface area contributed by atoms with Gasteiger partial charge in [-0.2, -0.15) is 0 Å². The minimum Gasteiger partial charge on any atom is -0.360 e. The Balaban J connectivity index is 2.93. The molecule has 0 unspecified atom stereocenters. The molecule has 0 saturated carbocycles. The third kappa shape index (κ3) is 1.04. The van der Waals surface area contributed by atoms with Gasteiger partial charge in [0.05, 0.1) is 9.99 Å². The molecule has 0 saturated heterocycles. The van der Waals surface area contributed by atoms with Gasteiger partial charge in [-0.25, -0.2) is 4.98 Å². The number of hydrogen-bond donors (Lipinski definition) is 1. The fourth-order valence-electron chi connectivity index (χ4n) is 0.965. The molecule has 11 heavy (non-hydrogen) atoms. The average molecular weight is 231 g/mol. The van der Waals surface area contributed by atoms with Crippen LogP contribution in [0.15, 0.2) is 22.9 Å². The molecule has 0 aromatic carbocycles. The van der Waals surface area contributed by atoms with Crippen molar-refractivity contribution in [3.8, 4) is 0 Å². The SMILES string of the molecule is Clc1ncc2cc[nH]c2c1Br. The fraction of sp³-hybridized carbons (Fsp3) is 0. The minimum atomic E-state index is 0.486. The summed E-state index contributed by atoms with van der Waals surface area (Å²) in [7, 11) is 0. The van der Waals surface area contributed by atoms with Gasteiger partial charge in [-0.05, 0) is 22.0 Å². The number of pyridine rings is 1. The number of rotatable bonds is 0. The van der Waals surface area contributed by atoms with Gasteiger partial charge in [0.2, 0.25) is 0 Å². The Kier molecular flexibility index (Phi) is 1.62. The zero-order valence-corrected chi connectivity index (χ0v) is 7.78. The molecule has 2 heterocycles. The van der Waals surface area contributed by atoms with E-state index in [1.165, 1.54) is 0 Å². The summed E-state index contributed by atoms with van der Waals surface area (Å²) in [5.74, 6) is 0. The van der Waals surface area contributed by atoms with Gasteiger partial charge in [0.1, 0.15) is 5.15 Å². The molecule has 0 spiro atoms. The van der Waals surface area contributed by atoms with E-state index in [9.17, 15) is 0 Å². The van der Waals surface area contributed by atoms with Gasteiger partial charge in [-0.15, -0.1) is 0 Å². The maximum absolute atomic E-state index is 5.77. The zero-order valence-electron chi connectivity index (χ0n) is 5.44. The number of nitrogens with zero attached hydrogens (tertiary/aromatic N) is 1. The van der Waals surface area contributed by atoms with E-state index in [1.807, 2.05) is 12.3 Å². The molecule has 56 valence electrons. The number of fused-ring (bicyclic) bond motifs is 1. The molecule has 4 heteroatoms. The van der Waals surface area contributed by atoms with Crippen LogP contribution in [0.25, 0.3) is 10.9 Å². The van der Waals surface area contributed by atoms with Crippen LogP contribution < -0.4 is 0 Å². The number of hydrogen-bond acceptors (Lipinski definition) is 1. The van der Waals surface area contributed by atoms with Crippen LogP contribution in [-0.4, -0.2) is 9.97 Å². The first-order valence-corrected chi connectivity index (χ1v) is 4.23. The molecule has 2 rings (SSSR count). The monoisotopic (exact) mass is 230 g/mol. The lowest BCUT2D eigenvalue weighted by molar-refractivity contribution is 1.33. The molecule has 0 bridgehead atoms. The first kappa shape index (κ1) is 7.13. The van der Waals surface area contributed by atoms with E-state index in [1.54, 1.807) is 6.20 Å². The minimum absolute atomic E-state index is 0.486. The van der Waals surface area contributed by atoms with Gasteiger partial charge in [0, 0.05) is 17.8 Å². The van der Waals surface area contributed by atoms with Crippen molar-refractivity contribution >= 4 is 38.4 Å². The van der Waals surface area contributed by atoms with Crippen molar-refractivity contribution in [1.29, 1.82) is 0 Å². The third-order valence-electron chi connectivity index (χ3n) is 1.50. The Hall–Kier alpha value is -0.540. The number of nitrogens with one attached hydrogen (secondary N) is 1. The van der Waals surface area contributed by atoms with Gasteiger partial charge < -0.3 is 4.98 Å². The number of H-pyrrole nitrogens is 1. The second kappa shape index (κ2) is 2.50. The molecule has 0 aliphatic heterocycles. The Bertz CT molecular complexity index is 396. The highest BCUT2D eigenvalue weighted by atomic mass is 79.9. The van der Waals surface area contributed by atoms with E-state index in [0.29, 0.717) is 5.15 Å². The molecular weight excluding hydrogens is 227 g/mol. The largest absolute Gasteiger partial charge is 0.360 e.